The van der Waals surface area contributed by atoms with Crippen molar-refractivity contribution in [3.8, 4) is 34.0 Å². The second-order valence-electron chi connectivity index (χ2n) is 10.2. The molecule has 1 aliphatic rings. The summed E-state index contributed by atoms with van der Waals surface area (Å²) >= 11 is 0. The molecule has 9 rings (SSSR count). The lowest BCUT2D eigenvalue weighted by atomic mass is 10.0. The molecule has 0 bridgehead atoms. The zero-order valence-electron chi connectivity index (χ0n) is 21.0. The highest BCUT2D eigenvalue weighted by Crippen LogP contribution is 2.45. The fourth-order valence-corrected chi connectivity index (χ4v) is 6.42. The maximum Gasteiger partial charge on any atom is 0.152 e. The van der Waals surface area contributed by atoms with Crippen molar-refractivity contribution in [3.63, 3.8) is 0 Å². The van der Waals surface area contributed by atoms with Crippen LogP contribution >= 0.6 is 0 Å². The third kappa shape index (κ3) is 2.82. The highest BCUT2D eigenvalue weighted by molar-refractivity contribution is 6.13. The molecule has 0 aliphatic carbocycles. The molecule has 2 aromatic heterocycles. The monoisotopic (exact) mass is 498 g/mol. The molecule has 3 heterocycles. The number of ether oxygens (including phenoxy) is 1. The molecule has 0 fully saturated rings. The Morgan fingerprint density at radius 1 is 0.410 bits per heavy atom. The molecule has 0 atom stereocenters. The Hall–Kier alpha value is -5.28. The minimum absolute atomic E-state index is 0.887. The highest BCUT2D eigenvalue weighted by Gasteiger charge is 2.23. The Kier molecular flexibility index (Phi) is 4.05. The smallest absolute Gasteiger partial charge is 0.152 e. The summed E-state index contributed by atoms with van der Waals surface area (Å²) in [5.41, 5.74) is 9.39. The van der Waals surface area contributed by atoms with E-state index in [0.29, 0.717) is 0 Å². The predicted molar refractivity (Wildman–Crippen MR) is 161 cm³/mol. The molecule has 0 amide bonds. The van der Waals surface area contributed by atoms with Gasteiger partial charge in [0.25, 0.3) is 0 Å². The van der Waals surface area contributed by atoms with Gasteiger partial charge in [0, 0.05) is 27.2 Å². The Labute approximate surface area is 224 Å². The molecule has 1 aliphatic heterocycles. The van der Waals surface area contributed by atoms with Crippen LogP contribution in [0.15, 0.2) is 133 Å². The van der Waals surface area contributed by atoms with Crippen molar-refractivity contribution in [2.24, 2.45) is 0 Å². The van der Waals surface area contributed by atoms with Gasteiger partial charge in [0.15, 0.2) is 11.5 Å². The summed E-state index contributed by atoms with van der Waals surface area (Å²) in [5.74, 6) is 1.79. The van der Waals surface area contributed by atoms with Gasteiger partial charge in [0.2, 0.25) is 0 Å². The molecule has 0 N–H and O–H groups in total. The van der Waals surface area contributed by atoms with Crippen LogP contribution in [0.5, 0.6) is 11.5 Å². The summed E-state index contributed by atoms with van der Waals surface area (Å²) in [6.07, 6.45) is 0. The molecule has 39 heavy (non-hydrogen) atoms. The van der Waals surface area contributed by atoms with E-state index in [4.69, 9.17) is 4.74 Å². The number of para-hydroxylation sites is 5. The van der Waals surface area contributed by atoms with Crippen molar-refractivity contribution >= 4 is 43.6 Å². The highest BCUT2D eigenvalue weighted by atomic mass is 16.5. The Morgan fingerprint density at radius 3 is 1.90 bits per heavy atom. The third-order valence-corrected chi connectivity index (χ3v) is 8.09. The summed E-state index contributed by atoms with van der Waals surface area (Å²) in [4.78, 5) is 0. The van der Waals surface area contributed by atoms with Gasteiger partial charge in [-0.3, -0.25) is 0 Å². The number of aromatic nitrogens is 2. The van der Waals surface area contributed by atoms with E-state index in [1.54, 1.807) is 0 Å². The summed E-state index contributed by atoms with van der Waals surface area (Å²) in [7, 11) is 0. The average Bonchev–Trinajstić information content (AvgIpc) is 3.51. The van der Waals surface area contributed by atoms with Gasteiger partial charge in [-0.2, -0.15) is 0 Å². The van der Waals surface area contributed by atoms with Crippen molar-refractivity contribution in [1.82, 2.24) is 9.13 Å². The number of fused-ring (bicyclic) bond motifs is 8. The molecule has 6 aromatic carbocycles. The van der Waals surface area contributed by atoms with E-state index >= 15 is 0 Å². The van der Waals surface area contributed by atoms with Crippen molar-refractivity contribution in [1.29, 1.82) is 0 Å². The van der Waals surface area contributed by atoms with Crippen LogP contribution in [0.25, 0.3) is 66.1 Å². The Morgan fingerprint density at radius 2 is 1.05 bits per heavy atom. The van der Waals surface area contributed by atoms with E-state index in [-0.39, 0.29) is 0 Å². The SMILES string of the molecule is c1cc(-c2ccc3c(c2)c2cccc4c2n3-c2ccccc2O4)cc(-n2c3ccccc3c3ccccc32)c1. The summed E-state index contributed by atoms with van der Waals surface area (Å²) in [6, 6.07) is 47.6. The van der Waals surface area contributed by atoms with Gasteiger partial charge in [-0.25, -0.2) is 0 Å². The Bertz CT molecular complexity index is 2210. The third-order valence-electron chi connectivity index (χ3n) is 8.09. The van der Waals surface area contributed by atoms with E-state index in [0.717, 1.165) is 28.4 Å². The van der Waals surface area contributed by atoms with Crippen molar-refractivity contribution in [3.05, 3.63) is 133 Å². The fraction of sp³-hybridized carbons (Fsp3) is 0. The largest absolute Gasteiger partial charge is 0.453 e. The molecule has 0 unspecified atom stereocenters. The van der Waals surface area contributed by atoms with Crippen LogP contribution in [0.4, 0.5) is 0 Å². The number of hydrogen-bond acceptors (Lipinski definition) is 1. The second-order valence-corrected chi connectivity index (χ2v) is 10.2. The number of rotatable bonds is 2. The minimum Gasteiger partial charge on any atom is -0.453 e. The van der Waals surface area contributed by atoms with Crippen molar-refractivity contribution < 1.29 is 4.74 Å². The lowest BCUT2D eigenvalue weighted by Crippen LogP contribution is -2.03. The first-order chi connectivity index (χ1) is 19.3. The van der Waals surface area contributed by atoms with E-state index in [1.165, 1.54) is 49.2 Å². The van der Waals surface area contributed by atoms with E-state index < -0.39 is 0 Å². The normalized spacial score (nSPS) is 12.3. The minimum atomic E-state index is 0.887. The number of benzene rings is 6. The maximum absolute atomic E-state index is 6.30. The topological polar surface area (TPSA) is 19.1 Å². The molecule has 0 saturated carbocycles. The first-order valence-corrected chi connectivity index (χ1v) is 13.3. The van der Waals surface area contributed by atoms with Crippen molar-refractivity contribution in [2.45, 2.75) is 0 Å². The van der Waals surface area contributed by atoms with Gasteiger partial charge in [-0.15, -0.1) is 0 Å². The fourth-order valence-electron chi connectivity index (χ4n) is 6.42. The quantitative estimate of drug-likeness (QED) is 0.232. The van der Waals surface area contributed by atoms with Crippen LogP contribution in [0, 0.1) is 0 Å². The molecule has 0 saturated heterocycles. The molecule has 8 aromatic rings. The van der Waals surface area contributed by atoms with Crippen LogP contribution in [-0.2, 0) is 0 Å². The summed E-state index contributed by atoms with van der Waals surface area (Å²) in [6.45, 7) is 0. The second kappa shape index (κ2) is 7.62. The lowest BCUT2D eigenvalue weighted by molar-refractivity contribution is 0.476. The summed E-state index contributed by atoms with van der Waals surface area (Å²) < 4.78 is 11.0. The molecule has 3 nitrogen and oxygen atoms in total. The van der Waals surface area contributed by atoms with Crippen LogP contribution in [-0.4, -0.2) is 9.13 Å². The van der Waals surface area contributed by atoms with Gasteiger partial charge in [-0.1, -0.05) is 78.9 Å². The molecular formula is C36H22N2O. The van der Waals surface area contributed by atoms with Crippen molar-refractivity contribution in [2.75, 3.05) is 0 Å². The first kappa shape index (κ1) is 20.7. The molecule has 0 spiro atoms. The van der Waals surface area contributed by atoms with Gasteiger partial charge in [0.05, 0.1) is 27.8 Å². The number of nitrogens with zero attached hydrogens (tertiary/aromatic N) is 2. The molecule has 182 valence electrons. The van der Waals surface area contributed by atoms with E-state index in [1.807, 2.05) is 12.1 Å². The van der Waals surface area contributed by atoms with Gasteiger partial charge in [-0.05, 0) is 65.7 Å². The molecular weight excluding hydrogens is 476 g/mol. The van der Waals surface area contributed by atoms with Crippen LogP contribution in [0.1, 0.15) is 0 Å². The first-order valence-electron chi connectivity index (χ1n) is 13.3. The molecule has 0 radical (unpaired) electrons. The lowest BCUT2D eigenvalue weighted by Gasteiger charge is -2.20. The van der Waals surface area contributed by atoms with Gasteiger partial charge < -0.3 is 13.9 Å². The standard InChI is InChI=1S/C36H22N2O/c1-3-14-30-26(11-1)27-12-2-4-15-31(27)37(30)25-10-7-9-23(21-25)24-19-20-32-29(22-24)28-13-8-18-35-36(28)38(32)33-16-5-6-17-34(33)39-35/h1-22H. The average molecular weight is 499 g/mol. The zero-order valence-corrected chi connectivity index (χ0v) is 21.0. The summed E-state index contributed by atoms with van der Waals surface area (Å²) in [5, 5.41) is 4.98. The van der Waals surface area contributed by atoms with Gasteiger partial charge in [0.1, 0.15) is 0 Å². The zero-order chi connectivity index (χ0) is 25.5. The van der Waals surface area contributed by atoms with Gasteiger partial charge >= 0.3 is 0 Å². The van der Waals surface area contributed by atoms with E-state index in [2.05, 4.69) is 130 Å². The van der Waals surface area contributed by atoms with Crippen LogP contribution in [0.3, 0.4) is 0 Å². The predicted octanol–water partition coefficient (Wildman–Crippen LogP) is 9.65. The molecule has 3 heteroatoms. The maximum atomic E-state index is 6.30. The van der Waals surface area contributed by atoms with Crippen LogP contribution in [0.2, 0.25) is 0 Å². The number of hydrogen-bond donors (Lipinski definition) is 0. The van der Waals surface area contributed by atoms with Crippen LogP contribution < -0.4 is 4.74 Å². The van der Waals surface area contributed by atoms with E-state index in [9.17, 15) is 0 Å². The Balaban J connectivity index is 1.27.